The molecule has 1 amide bonds. The van der Waals surface area contributed by atoms with Crippen molar-refractivity contribution < 1.29 is 19.1 Å². The maximum atomic E-state index is 14.1. The van der Waals surface area contributed by atoms with E-state index >= 15 is 0 Å². The normalized spacial score (nSPS) is 21.5. The van der Waals surface area contributed by atoms with Crippen LogP contribution in [0.3, 0.4) is 0 Å². The summed E-state index contributed by atoms with van der Waals surface area (Å²) in [5.74, 6) is -1.88. The van der Waals surface area contributed by atoms with E-state index in [2.05, 4.69) is 4.98 Å². The van der Waals surface area contributed by atoms with Crippen LogP contribution in [0.2, 0.25) is 0 Å². The molecule has 1 aromatic carbocycles. The molecule has 0 radical (unpaired) electrons. The number of likely N-dealkylation sites (tertiary alicyclic amines) is 1. The minimum absolute atomic E-state index is 0.106. The SMILES string of the molecule is Cc1ccc2[nH]c(C(=O)N3CCC(F)(C(=O)O)C3)cc2c1C. The molecule has 1 fully saturated rings. The van der Waals surface area contributed by atoms with Crippen LogP contribution < -0.4 is 0 Å². The molecule has 6 heteroatoms. The maximum Gasteiger partial charge on any atom is 0.343 e. The number of carboxylic acid groups (broad SMARTS) is 1. The Hall–Kier alpha value is -2.37. The number of aliphatic carboxylic acids is 1. The van der Waals surface area contributed by atoms with Gasteiger partial charge in [-0.25, -0.2) is 9.18 Å². The quantitative estimate of drug-likeness (QED) is 0.895. The van der Waals surface area contributed by atoms with Crippen molar-refractivity contribution in [3.05, 3.63) is 35.0 Å². The monoisotopic (exact) mass is 304 g/mol. The second-order valence-corrected chi connectivity index (χ2v) is 5.90. The molecule has 1 aromatic heterocycles. The second-order valence-electron chi connectivity index (χ2n) is 5.90. The molecule has 116 valence electrons. The fourth-order valence-electron chi connectivity index (χ4n) is 2.86. The number of carbonyl (C=O) groups excluding carboxylic acids is 1. The van der Waals surface area contributed by atoms with E-state index in [0.717, 1.165) is 22.0 Å². The number of alkyl halides is 1. The number of amides is 1. The molecule has 2 heterocycles. The number of hydrogen-bond acceptors (Lipinski definition) is 2. The van der Waals surface area contributed by atoms with Gasteiger partial charge in [0.1, 0.15) is 5.69 Å². The molecule has 1 aliphatic rings. The summed E-state index contributed by atoms with van der Waals surface area (Å²) in [6.07, 6.45) is -0.174. The zero-order valence-electron chi connectivity index (χ0n) is 12.4. The van der Waals surface area contributed by atoms with E-state index in [1.54, 1.807) is 6.07 Å². The first-order chi connectivity index (χ1) is 10.3. The van der Waals surface area contributed by atoms with Crippen LogP contribution in [0, 0.1) is 13.8 Å². The summed E-state index contributed by atoms with van der Waals surface area (Å²) in [7, 11) is 0. The highest BCUT2D eigenvalue weighted by Gasteiger charge is 2.47. The van der Waals surface area contributed by atoms with Gasteiger partial charge in [0, 0.05) is 23.9 Å². The molecule has 1 atom stereocenters. The molecule has 0 saturated carbocycles. The van der Waals surface area contributed by atoms with Crippen LogP contribution >= 0.6 is 0 Å². The maximum absolute atomic E-state index is 14.1. The number of carbonyl (C=O) groups is 2. The van der Waals surface area contributed by atoms with Gasteiger partial charge in [0.25, 0.3) is 5.91 Å². The average Bonchev–Trinajstić information content (AvgIpc) is 3.07. The Balaban J connectivity index is 1.91. The van der Waals surface area contributed by atoms with Gasteiger partial charge in [-0.1, -0.05) is 6.07 Å². The fourth-order valence-corrected chi connectivity index (χ4v) is 2.86. The number of H-pyrrole nitrogens is 1. The first-order valence-corrected chi connectivity index (χ1v) is 7.12. The summed E-state index contributed by atoms with van der Waals surface area (Å²) in [4.78, 5) is 27.7. The van der Waals surface area contributed by atoms with E-state index in [1.165, 1.54) is 4.90 Å². The number of rotatable bonds is 2. The number of hydrogen-bond donors (Lipinski definition) is 2. The van der Waals surface area contributed by atoms with Crippen molar-refractivity contribution in [2.45, 2.75) is 25.9 Å². The number of fused-ring (bicyclic) bond motifs is 1. The summed E-state index contributed by atoms with van der Waals surface area (Å²) in [6, 6.07) is 5.61. The van der Waals surface area contributed by atoms with Gasteiger partial charge in [-0.2, -0.15) is 0 Å². The second kappa shape index (κ2) is 4.83. The van der Waals surface area contributed by atoms with Gasteiger partial charge in [-0.3, -0.25) is 4.79 Å². The van der Waals surface area contributed by atoms with E-state index < -0.39 is 18.2 Å². The van der Waals surface area contributed by atoms with Gasteiger partial charge in [0.15, 0.2) is 0 Å². The van der Waals surface area contributed by atoms with Gasteiger partial charge in [0.05, 0.1) is 6.54 Å². The fraction of sp³-hybridized carbons (Fsp3) is 0.375. The molecule has 0 spiro atoms. The van der Waals surface area contributed by atoms with Crippen molar-refractivity contribution in [2.24, 2.45) is 0 Å². The van der Waals surface area contributed by atoms with Crippen molar-refractivity contribution in [2.75, 3.05) is 13.1 Å². The molecule has 5 nitrogen and oxygen atoms in total. The smallest absolute Gasteiger partial charge is 0.343 e. The summed E-state index contributed by atoms with van der Waals surface area (Å²) in [6.45, 7) is 3.67. The number of nitrogens with one attached hydrogen (secondary N) is 1. The van der Waals surface area contributed by atoms with Crippen molar-refractivity contribution in [1.29, 1.82) is 0 Å². The first kappa shape index (κ1) is 14.6. The molecular formula is C16H17FN2O3. The lowest BCUT2D eigenvalue weighted by atomic mass is 10.1. The highest BCUT2D eigenvalue weighted by molar-refractivity contribution is 5.99. The van der Waals surface area contributed by atoms with Crippen molar-refractivity contribution >= 4 is 22.8 Å². The topological polar surface area (TPSA) is 73.4 Å². The van der Waals surface area contributed by atoms with Gasteiger partial charge < -0.3 is 15.0 Å². The first-order valence-electron chi connectivity index (χ1n) is 7.12. The number of benzene rings is 1. The highest BCUT2D eigenvalue weighted by atomic mass is 19.1. The van der Waals surface area contributed by atoms with Gasteiger partial charge in [0.2, 0.25) is 5.67 Å². The molecular weight excluding hydrogens is 287 g/mol. The van der Waals surface area contributed by atoms with Crippen LogP contribution in [0.5, 0.6) is 0 Å². The third-order valence-corrected chi connectivity index (χ3v) is 4.46. The third-order valence-electron chi connectivity index (χ3n) is 4.46. The number of halogens is 1. The largest absolute Gasteiger partial charge is 0.479 e. The Morgan fingerprint density at radius 3 is 2.73 bits per heavy atom. The zero-order valence-corrected chi connectivity index (χ0v) is 12.4. The van der Waals surface area contributed by atoms with E-state index in [4.69, 9.17) is 5.11 Å². The van der Waals surface area contributed by atoms with Crippen molar-refractivity contribution in [3.63, 3.8) is 0 Å². The molecule has 22 heavy (non-hydrogen) atoms. The Morgan fingerprint density at radius 1 is 1.36 bits per heavy atom. The van der Waals surface area contributed by atoms with Crippen LogP contribution in [0.1, 0.15) is 28.0 Å². The Labute approximate surface area is 126 Å². The van der Waals surface area contributed by atoms with Crippen molar-refractivity contribution in [1.82, 2.24) is 9.88 Å². The van der Waals surface area contributed by atoms with Gasteiger partial charge in [-0.05, 0) is 37.1 Å². The molecule has 2 N–H and O–H groups in total. The van der Waals surface area contributed by atoms with Crippen LogP contribution in [0.4, 0.5) is 4.39 Å². The van der Waals surface area contributed by atoms with E-state index in [9.17, 15) is 14.0 Å². The molecule has 0 bridgehead atoms. The standard InChI is InChI=1S/C16H17FN2O3/c1-9-3-4-12-11(10(9)2)7-13(18-12)14(20)19-6-5-16(17,8-19)15(21)22/h3-4,7,18H,5-6,8H2,1-2H3,(H,21,22). The number of aryl methyl sites for hydroxylation is 2. The number of nitrogens with zero attached hydrogens (tertiary/aromatic N) is 1. The summed E-state index contributed by atoms with van der Waals surface area (Å²) >= 11 is 0. The average molecular weight is 304 g/mol. The molecule has 1 aliphatic heterocycles. The molecule has 3 rings (SSSR count). The minimum Gasteiger partial charge on any atom is -0.479 e. The molecule has 1 unspecified atom stereocenters. The van der Waals surface area contributed by atoms with Crippen LogP contribution in [0.25, 0.3) is 10.9 Å². The van der Waals surface area contributed by atoms with Gasteiger partial charge >= 0.3 is 5.97 Å². The summed E-state index contributed by atoms with van der Waals surface area (Å²) in [5, 5.41) is 9.85. The van der Waals surface area contributed by atoms with Crippen LogP contribution in [-0.4, -0.2) is 45.6 Å². The lowest BCUT2D eigenvalue weighted by Gasteiger charge is -2.16. The lowest BCUT2D eigenvalue weighted by molar-refractivity contribution is -0.149. The van der Waals surface area contributed by atoms with E-state index in [0.29, 0.717) is 5.69 Å². The van der Waals surface area contributed by atoms with E-state index in [-0.39, 0.29) is 18.9 Å². The Morgan fingerprint density at radius 2 is 2.09 bits per heavy atom. The van der Waals surface area contributed by atoms with Gasteiger partial charge in [-0.15, -0.1) is 0 Å². The van der Waals surface area contributed by atoms with Crippen LogP contribution in [-0.2, 0) is 4.79 Å². The predicted octanol–water partition coefficient (Wildman–Crippen LogP) is 2.42. The zero-order chi connectivity index (χ0) is 16.1. The Bertz CT molecular complexity index is 783. The van der Waals surface area contributed by atoms with E-state index in [1.807, 2.05) is 26.0 Å². The van der Waals surface area contributed by atoms with Crippen molar-refractivity contribution in [3.8, 4) is 0 Å². The predicted molar refractivity (Wildman–Crippen MR) is 79.8 cm³/mol. The number of aromatic nitrogens is 1. The number of carboxylic acids is 1. The summed E-state index contributed by atoms with van der Waals surface area (Å²) < 4.78 is 14.1. The third kappa shape index (κ3) is 2.15. The molecule has 2 aromatic rings. The number of aromatic amines is 1. The molecule has 0 aliphatic carbocycles. The molecule has 1 saturated heterocycles. The minimum atomic E-state index is -2.34. The Kier molecular flexibility index (Phi) is 3.20. The summed E-state index contributed by atoms with van der Waals surface area (Å²) in [5.41, 5.74) is 1.07. The van der Waals surface area contributed by atoms with Crippen LogP contribution in [0.15, 0.2) is 18.2 Å². The lowest BCUT2D eigenvalue weighted by Crippen LogP contribution is -2.39. The highest BCUT2D eigenvalue weighted by Crippen LogP contribution is 2.28.